The summed E-state index contributed by atoms with van der Waals surface area (Å²) in [5, 5.41) is 12.2. The molecule has 0 aromatic carbocycles. The number of nitrogens with zero attached hydrogens (tertiary/aromatic N) is 2. The van der Waals surface area contributed by atoms with Gasteiger partial charge in [0.1, 0.15) is 0 Å². The maximum Gasteiger partial charge on any atom is 0.324 e. The minimum absolute atomic E-state index is 0.0107. The van der Waals surface area contributed by atoms with Crippen molar-refractivity contribution >= 4 is 40.2 Å². The van der Waals surface area contributed by atoms with Gasteiger partial charge in [-0.25, -0.2) is 9.78 Å². The second-order valence-corrected chi connectivity index (χ2v) is 8.62. The molecular formula is C16H23N3O4S2. The zero-order valence-corrected chi connectivity index (χ0v) is 15.6. The molecule has 1 aromatic heterocycles. The molecule has 2 N–H and O–H groups in total. The maximum atomic E-state index is 12.9. The number of hydrogen-bond acceptors (Lipinski definition) is 6. The van der Waals surface area contributed by atoms with Crippen molar-refractivity contribution in [1.82, 2.24) is 9.88 Å². The lowest BCUT2D eigenvalue weighted by molar-refractivity contribution is -0.133. The van der Waals surface area contributed by atoms with E-state index in [1.165, 1.54) is 29.5 Å². The van der Waals surface area contributed by atoms with Crippen LogP contribution in [0, 0.1) is 0 Å². The van der Waals surface area contributed by atoms with Crippen LogP contribution in [0.4, 0.5) is 9.93 Å². The number of urea groups is 1. The molecule has 1 aliphatic heterocycles. The summed E-state index contributed by atoms with van der Waals surface area (Å²) in [6.45, 7) is 1.30. The summed E-state index contributed by atoms with van der Waals surface area (Å²) in [5.41, 5.74) is 0. The van der Waals surface area contributed by atoms with Crippen LogP contribution >= 0.6 is 23.1 Å². The largest absolute Gasteiger partial charge is 0.481 e. The third-order valence-corrected chi connectivity index (χ3v) is 6.63. The number of carbonyl (C=O) groups excluding carboxylic acids is 1. The third kappa shape index (κ3) is 5.08. The molecule has 0 radical (unpaired) electrons. The van der Waals surface area contributed by atoms with Gasteiger partial charge in [-0.3, -0.25) is 10.1 Å². The van der Waals surface area contributed by atoms with Gasteiger partial charge in [0.05, 0.1) is 28.8 Å². The van der Waals surface area contributed by atoms with E-state index in [9.17, 15) is 9.59 Å². The molecule has 2 fully saturated rings. The van der Waals surface area contributed by atoms with Crippen molar-refractivity contribution in [2.24, 2.45) is 0 Å². The van der Waals surface area contributed by atoms with Crippen molar-refractivity contribution < 1.29 is 19.4 Å². The molecule has 0 spiro atoms. The molecule has 1 aromatic rings. The molecule has 1 aliphatic carbocycles. The number of thiazole rings is 1. The van der Waals surface area contributed by atoms with Gasteiger partial charge in [-0.15, -0.1) is 11.8 Å². The molecule has 0 unspecified atom stereocenters. The Morgan fingerprint density at radius 1 is 1.32 bits per heavy atom. The van der Waals surface area contributed by atoms with E-state index in [4.69, 9.17) is 9.84 Å². The van der Waals surface area contributed by atoms with Crippen LogP contribution in [-0.4, -0.2) is 58.0 Å². The molecule has 25 heavy (non-hydrogen) atoms. The highest BCUT2D eigenvalue weighted by Crippen LogP contribution is 2.30. The summed E-state index contributed by atoms with van der Waals surface area (Å²) in [5.74, 6) is -0.878. The second kappa shape index (κ2) is 8.86. The zero-order valence-electron chi connectivity index (χ0n) is 14.0. The van der Waals surface area contributed by atoms with Crippen molar-refractivity contribution in [3.8, 4) is 0 Å². The first kappa shape index (κ1) is 18.5. The van der Waals surface area contributed by atoms with E-state index in [2.05, 4.69) is 10.3 Å². The molecule has 1 saturated heterocycles. The fraction of sp³-hybridized carbons (Fsp3) is 0.688. The first-order chi connectivity index (χ1) is 12.1. The van der Waals surface area contributed by atoms with Crippen LogP contribution in [0.1, 0.15) is 38.5 Å². The Balaban J connectivity index is 1.64. The molecule has 3 rings (SSSR count). The highest BCUT2D eigenvalue weighted by Gasteiger charge is 2.34. The Hall–Kier alpha value is -1.32. The zero-order chi connectivity index (χ0) is 17.6. The fourth-order valence-corrected chi connectivity index (χ4v) is 4.99. The SMILES string of the molecule is O=C(O)CSc1cnc(NC(=O)N(C2CCCCC2)[C@@H]2CCOC2)s1. The van der Waals surface area contributed by atoms with E-state index in [1.54, 1.807) is 6.20 Å². The summed E-state index contributed by atoms with van der Waals surface area (Å²) in [6, 6.07) is 0.275. The van der Waals surface area contributed by atoms with Crippen molar-refractivity contribution in [2.45, 2.75) is 54.8 Å². The number of amides is 2. The Labute approximate surface area is 155 Å². The van der Waals surface area contributed by atoms with Gasteiger partial charge in [-0.1, -0.05) is 30.6 Å². The van der Waals surface area contributed by atoms with Gasteiger partial charge in [0.25, 0.3) is 0 Å². The van der Waals surface area contributed by atoms with Crippen LogP contribution in [0.5, 0.6) is 0 Å². The summed E-state index contributed by atoms with van der Waals surface area (Å²) in [7, 11) is 0. The number of carbonyl (C=O) groups is 2. The number of carboxylic acids is 1. The number of hydrogen-bond donors (Lipinski definition) is 2. The number of aliphatic carboxylic acids is 1. The van der Waals surface area contributed by atoms with Gasteiger partial charge >= 0.3 is 12.0 Å². The predicted octanol–water partition coefficient (Wildman–Crippen LogP) is 3.28. The molecule has 138 valence electrons. The van der Waals surface area contributed by atoms with Crippen LogP contribution in [0.3, 0.4) is 0 Å². The molecule has 0 bridgehead atoms. The second-order valence-electron chi connectivity index (χ2n) is 6.31. The Morgan fingerprint density at radius 3 is 2.80 bits per heavy atom. The van der Waals surface area contributed by atoms with Crippen LogP contribution < -0.4 is 5.32 Å². The molecule has 1 saturated carbocycles. The van der Waals surface area contributed by atoms with Crippen molar-refractivity contribution in [1.29, 1.82) is 0 Å². The maximum absolute atomic E-state index is 12.9. The van der Waals surface area contributed by atoms with Gasteiger partial charge in [-0.05, 0) is 19.3 Å². The summed E-state index contributed by atoms with van der Waals surface area (Å²) in [4.78, 5) is 29.7. The van der Waals surface area contributed by atoms with Crippen LogP contribution in [-0.2, 0) is 9.53 Å². The Bertz CT molecular complexity index is 598. The van der Waals surface area contributed by atoms with Crippen LogP contribution in [0.25, 0.3) is 0 Å². The lowest BCUT2D eigenvalue weighted by Crippen LogP contribution is -2.50. The van der Waals surface area contributed by atoms with E-state index in [-0.39, 0.29) is 23.9 Å². The average molecular weight is 386 g/mol. The third-order valence-electron chi connectivity index (χ3n) is 4.54. The number of nitrogens with one attached hydrogen (secondary N) is 1. The number of ether oxygens (including phenoxy) is 1. The fourth-order valence-electron chi connectivity index (χ4n) is 3.40. The highest BCUT2D eigenvalue weighted by atomic mass is 32.2. The minimum atomic E-state index is -0.867. The van der Waals surface area contributed by atoms with Gasteiger partial charge in [-0.2, -0.15) is 0 Å². The summed E-state index contributed by atoms with van der Waals surface area (Å²) in [6.07, 6.45) is 8.14. The summed E-state index contributed by atoms with van der Waals surface area (Å²) < 4.78 is 6.28. The van der Waals surface area contributed by atoms with E-state index in [1.807, 2.05) is 4.90 Å². The van der Waals surface area contributed by atoms with E-state index in [0.717, 1.165) is 36.3 Å². The standard InChI is InChI=1S/C16H23N3O4S2/c20-13(21)10-24-14-8-17-15(25-14)18-16(22)19(12-6-7-23-9-12)11-4-2-1-3-5-11/h8,11-12H,1-7,9-10H2,(H,20,21)(H,17,18,22)/t12-/m1/s1. The predicted molar refractivity (Wildman–Crippen MR) is 97.4 cm³/mol. The van der Waals surface area contributed by atoms with E-state index >= 15 is 0 Å². The molecule has 7 nitrogen and oxygen atoms in total. The van der Waals surface area contributed by atoms with Crippen molar-refractivity contribution in [3.63, 3.8) is 0 Å². The number of thioether (sulfide) groups is 1. The molecule has 2 aliphatic rings. The van der Waals surface area contributed by atoms with Gasteiger partial charge in [0, 0.05) is 12.6 Å². The van der Waals surface area contributed by atoms with Gasteiger partial charge in [0.15, 0.2) is 5.13 Å². The van der Waals surface area contributed by atoms with E-state index in [0.29, 0.717) is 18.3 Å². The lowest BCUT2D eigenvalue weighted by atomic mass is 9.93. The Morgan fingerprint density at radius 2 is 2.12 bits per heavy atom. The van der Waals surface area contributed by atoms with Crippen molar-refractivity contribution in [3.05, 3.63) is 6.20 Å². The smallest absolute Gasteiger partial charge is 0.324 e. The minimum Gasteiger partial charge on any atom is -0.481 e. The number of aromatic nitrogens is 1. The monoisotopic (exact) mass is 385 g/mol. The topological polar surface area (TPSA) is 91.8 Å². The molecule has 9 heteroatoms. The van der Waals surface area contributed by atoms with Crippen molar-refractivity contribution in [2.75, 3.05) is 24.3 Å². The Kier molecular flexibility index (Phi) is 6.55. The number of carboxylic acid groups (broad SMARTS) is 1. The lowest BCUT2D eigenvalue weighted by Gasteiger charge is -2.37. The molecule has 2 amide bonds. The first-order valence-electron chi connectivity index (χ1n) is 8.61. The highest BCUT2D eigenvalue weighted by molar-refractivity contribution is 8.01. The first-order valence-corrected chi connectivity index (χ1v) is 10.4. The van der Waals surface area contributed by atoms with Gasteiger partial charge in [0.2, 0.25) is 0 Å². The average Bonchev–Trinajstić information content (AvgIpc) is 3.26. The molecular weight excluding hydrogens is 362 g/mol. The van der Waals surface area contributed by atoms with Gasteiger partial charge < -0.3 is 14.7 Å². The van der Waals surface area contributed by atoms with E-state index < -0.39 is 5.97 Å². The quantitative estimate of drug-likeness (QED) is 0.730. The van der Waals surface area contributed by atoms with Crippen LogP contribution in [0.2, 0.25) is 0 Å². The van der Waals surface area contributed by atoms with Crippen LogP contribution in [0.15, 0.2) is 10.4 Å². The number of anilines is 1. The molecule has 1 atom stereocenters. The number of rotatable bonds is 6. The molecule has 2 heterocycles. The summed E-state index contributed by atoms with van der Waals surface area (Å²) >= 11 is 2.52. The normalized spacial score (nSPS) is 21.2.